The van der Waals surface area contributed by atoms with E-state index >= 15 is 0 Å². The molecule has 0 aliphatic carbocycles. The molecule has 4 N–H and O–H groups in total. The molecular formula is C17H22N6O4S. The van der Waals surface area contributed by atoms with Crippen molar-refractivity contribution in [2.24, 2.45) is 0 Å². The van der Waals surface area contributed by atoms with Gasteiger partial charge < -0.3 is 21.3 Å². The van der Waals surface area contributed by atoms with Crippen LogP contribution in [0.2, 0.25) is 0 Å². The molecule has 1 aromatic carbocycles. The molecule has 2 aromatic rings. The standard InChI is InChI=1S/C17H22N6O4S/c1-23(2)15(24)9-19-17(25)21-12-6-4-11(5-7-12)16-20-13(8-14(18)22-16)10-28(3,26)27/h4-8H,9-10H2,1-3H3,(H2,18,20,22)(H2,19,21,25). The van der Waals surface area contributed by atoms with Crippen LogP contribution in [-0.2, 0) is 20.4 Å². The number of likely N-dealkylation sites (N-methyl/N-ethyl adjacent to an activating group) is 1. The minimum absolute atomic E-state index is 0.114. The average molecular weight is 406 g/mol. The van der Waals surface area contributed by atoms with Crippen molar-refractivity contribution in [3.05, 3.63) is 36.0 Å². The Morgan fingerprint density at radius 3 is 2.36 bits per heavy atom. The van der Waals surface area contributed by atoms with Gasteiger partial charge in [0.25, 0.3) is 0 Å². The number of nitrogens with two attached hydrogens (primary N) is 1. The van der Waals surface area contributed by atoms with Gasteiger partial charge >= 0.3 is 6.03 Å². The number of hydrogen-bond acceptors (Lipinski definition) is 7. The number of nitrogens with zero attached hydrogens (tertiary/aromatic N) is 3. The highest BCUT2D eigenvalue weighted by Crippen LogP contribution is 2.20. The predicted octanol–water partition coefficient (Wildman–Crippen LogP) is 0.480. The van der Waals surface area contributed by atoms with Crippen LogP contribution in [0, 0.1) is 0 Å². The van der Waals surface area contributed by atoms with E-state index < -0.39 is 15.9 Å². The first-order valence-electron chi connectivity index (χ1n) is 8.20. The molecule has 0 aliphatic heterocycles. The van der Waals surface area contributed by atoms with Crippen molar-refractivity contribution in [3.63, 3.8) is 0 Å². The van der Waals surface area contributed by atoms with E-state index in [9.17, 15) is 18.0 Å². The molecular weight excluding hydrogens is 384 g/mol. The highest BCUT2D eigenvalue weighted by molar-refractivity contribution is 7.89. The fraction of sp³-hybridized carbons (Fsp3) is 0.294. The molecule has 3 amide bonds. The van der Waals surface area contributed by atoms with Gasteiger partial charge in [-0.25, -0.2) is 23.2 Å². The van der Waals surface area contributed by atoms with Gasteiger partial charge in [0.05, 0.1) is 18.0 Å². The molecule has 10 nitrogen and oxygen atoms in total. The zero-order chi connectivity index (χ0) is 20.9. The van der Waals surface area contributed by atoms with Gasteiger partial charge in [0, 0.05) is 37.7 Å². The SMILES string of the molecule is CN(C)C(=O)CNC(=O)Nc1ccc(-c2nc(N)cc(CS(C)(=O)=O)n2)cc1. The first-order valence-corrected chi connectivity index (χ1v) is 10.3. The van der Waals surface area contributed by atoms with Gasteiger partial charge in [0.15, 0.2) is 15.7 Å². The molecule has 0 aliphatic rings. The maximum absolute atomic E-state index is 11.8. The number of anilines is 2. The van der Waals surface area contributed by atoms with E-state index in [2.05, 4.69) is 20.6 Å². The monoisotopic (exact) mass is 406 g/mol. The second kappa shape index (κ2) is 8.65. The van der Waals surface area contributed by atoms with Crippen LogP contribution in [0.3, 0.4) is 0 Å². The van der Waals surface area contributed by atoms with Gasteiger partial charge in [0.1, 0.15) is 5.82 Å². The number of amides is 3. The van der Waals surface area contributed by atoms with E-state index in [0.29, 0.717) is 16.9 Å². The van der Waals surface area contributed by atoms with E-state index in [4.69, 9.17) is 5.73 Å². The molecule has 2 rings (SSSR count). The number of sulfone groups is 1. The van der Waals surface area contributed by atoms with Crippen LogP contribution >= 0.6 is 0 Å². The van der Waals surface area contributed by atoms with Crippen molar-refractivity contribution in [1.82, 2.24) is 20.2 Å². The van der Waals surface area contributed by atoms with Gasteiger partial charge in [-0.15, -0.1) is 0 Å². The molecule has 1 heterocycles. The highest BCUT2D eigenvalue weighted by atomic mass is 32.2. The predicted molar refractivity (Wildman–Crippen MR) is 106 cm³/mol. The summed E-state index contributed by atoms with van der Waals surface area (Å²) in [6.07, 6.45) is 1.11. The lowest BCUT2D eigenvalue weighted by Gasteiger charge is -2.12. The molecule has 1 aromatic heterocycles. The van der Waals surface area contributed by atoms with Gasteiger partial charge in [-0.1, -0.05) is 0 Å². The zero-order valence-corrected chi connectivity index (χ0v) is 16.6. The van der Waals surface area contributed by atoms with Crippen LogP contribution in [0.4, 0.5) is 16.3 Å². The highest BCUT2D eigenvalue weighted by Gasteiger charge is 2.11. The second-order valence-electron chi connectivity index (χ2n) is 6.35. The minimum Gasteiger partial charge on any atom is -0.384 e. The Bertz CT molecular complexity index is 974. The van der Waals surface area contributed by atoms with E-state index in [1.165, 1.54) is 11.0 Å². The summed E-state index contributed by atoms with van der Waals surface area (Å²) in [6, 6.07) is 7.49. The van der Waals surface area contributed by atoms with Crippen molar-refractivity contribution in [3.8, 4) is 11.4 Å². The smallest absolute Gasteiger partial charge is 0.319 e. The molecule has 11 heteroatoms. The number of urea groups is 1. The lowest BCUT2D eigenvalue weighted by atomic mass is 10.2. The molecule has 0 spiro atoms. The summed E-state index contributed by atoms with van der Waals surface area (Å²) in [6.45, 7) is -0.114. The number of carbonyl (C=O) groups is 2. The normalized spacial score (nSPS) is 11.0. The summed E-state index contributed by atoms with van der Waals surface area (Å²) in [4.78, 5) is 33.0. The van der Waals surface area contributed by atoms with Gasteiger partial charge in [-0.3, -0.25) is 4.79 Å². The topological polar surface area (TPSA) is 147 Å². The summed E-state index contributed by atoms with van der Waals surface area (Å²) in [7, 11) is -0.0622. The summed E-state index contributed by atoms with van der Waals surface area (Å²) in [5, 5.41) is 5.06. The maximum atomic E-state index is 11.8. The number of rotatable bonds is 6. The Balaban J connectivity index is 2.08. The van der Waals surface area contributed by atoms with E-state index in [1.54, 1.807) is 38.4 Å². The van der Waals surface area contributed by atoms with Crippen LogP contribution in [0.25, 0.3) is 11.4 Å². The molecule has 0 fully saturated rings. The fourth-order valence-electron chi connectivity index (χ4n) is 2.18. The largest absolute Gasteiger partial charge is 0.384 e. The van der Waals surface area contributed by atoms with Crippen LogP contribution in [0.1, 0.15) is 5.69 Å². The zero-order valence-electron chi connectivity index (χ0n) is 15.8. The minimum atomic E-state index is -3.26. The summed E-state index contributed by atoms with van der Waals surface area (Å²) >= 11 is 0. The van der Waals surface area contributed by atoms with Crippen molar-refractivity contribution < 1.29 is 18.0 Å². The van der Waals surface area contributed by atoms with Crippen LogP contribution in [0.15, 0.2) is 30.3 Å². The van der Waals surface area contributed by atoms with Crippen LogP contribution < -0.4 is 16.4 Å². The van der Waals surface area contributed by atoms with Crippen molar-refractivity contribution in [2.75, 3.05) is 37.9 Å². The van der Waals surface area contributed by atoms with Crippen molar-refractivity contribution >= 4 is 33.3 Å². The average Bonchev–Trinajstić information content (AvgIpc) is 2.58. The Labute approximate surface area is 163 Å². The molecule has 150 valence electrons. The first-order chi connectivity index (χ1) is 13.0. The lowest BCUT2D eigenvalue weighted by Crippen LogP contribution is -2.38. The van der Waals surface area contributed by atoms with Gasteiger partial charge in [-0.2, -0.15) is 0 Å². The Morgan fingerprint density at radius 2 is 1.79 bits per heavy atom. The van der Waals surface area contributed by atoms with Crippen molar-refractivity contribution in [1.29, 1.82) is 0 Å². The third-order valence-corrected chi connectivity index (χ3v) is 4.33. The first kappa shape index (κ1) is 21.1. The fourth-order valence-corrected chi connectivity index (χ4v) is 2.87. The second-order valence-corrected chi connectivity index (χ2v) is 8.49. The van der Waals surface area contributed by atoms with Crippen LogP contribution in [0.5, 0.6) is 0 Å². The van der Waals surface area contributed by atoms with Crippen molar-refractivity contribution in [2.45, 2.75) is 5.75 Å². The molecule has 0 saturated carbocycles. The lowest BCUT2D eigenvalue weighted by molar-refractivity contribution is -0.127. The summed E-state index contributed by atoms with van der Waals surface area (Å²) < 4.78 is 22.9. The van der Waals surface area contributed by atoms with E-state index in [0.717, 1.165) is 6.26 Å². The Kier molecular flexibility index (Phi) is 6.52. The molecule has 0 radical (unpaired) electrons. The molecule has 28 heavy (non-hydrogen) atoms. The third-order valence-electron chi connectivity index (χ3n) is 3.51. The van der Waals surface area contributed by atoms with E-state index in [-0.39, 0.29) is 29.8 Å². The van der Waals surface area contributed by atoms with Gasteiger partial charge in [-0.05, 0) is 24.3 Å². The summed E-state index contributed by atoms with van der Waals surface area (Å²) in [5.74, 6) is -0.0192. The number of carbonyl (C=O) groups excluding carboxylic acids is 2. The maximum Gasteiger partial charge on any atom is 0.319 e. The van der Waals surface area contributed by atoms with Gasteiger partial charge in [0.2, 0.25) is 5.91 Å². The molecule has 0 unspecified atom stereocenters. The number of hydrogen-bond donors (Lipinski definition) is 3. The summed E-state index contributed by atoms with van der Waals surface area (Å²) in [5.41, 5.74) is 7.16. The molecule has 0 atom stereocenters. The molecule has 0 bridgehead atoms. The number of benzene rings is 1. The van der Waals surface area contributed by atoms with Crippen LogP contribution in [-0.4, -0.2) is 62.1 Å². The van der Waals surface area contributed by atoms with E-state index in [1.807, 2.05) is 0 Å². The Hall–Kier alpha value is -3.21. The third kappa shape index (κ3) is 6.50. The quantitative estimate of drug-likeness (QED) is 0.632. The number of nitrogens with one attached hydrogen (secondary N) is 2. The Morgan fingerprint density at radius 1 is 1.14 bits per heavy atom. The number of aromatic nitrogens is 2. The molecule has 0 saturated heterocycles. The number of nitrogen functional groups attached to an aromatic ring is 1.